The fourth-order valence-electron chi connectivity index (χ4n) is 3.23. The molecule has 3 rings (SSSR count). The molecule has 5 heteroatoms. The van der Waals surface area contributed by atoms with E-state index in [0.717, 1.165) is 19.3 Å². The van der Waals surface area contributed by atoms with E-state index in [2.05, 4.69) is 0 Å². The van der Waals surface area contributed by atoms with Gasteiger partial charge in [-0.25, -0.2) is 0 Å². The maximum Gasteiger partial charge on any atom is 0.307 e. The predicted octanol–water partition coefficient (Wildman–Crippen LogP) is 0.879. The molecule has 1 N–H and O–H groups in total. The van der Waals surface area contributed by atoms with Crippen LogP contribution in [0.25, 0.3) is 0 Å². The number of amides is 1. The van der Waals surface area contributed by atoms with E-state index >= 15 is 0 Å². The number of nitrogens with zero attached hydrogens (tertiary/aromatic N) is 1. The fourth-order valence-corrected chi connectivity index (χ4v) is 3.23. The zero-order valence-corrected chi connectivity index (χ0v) is 10.4. The van der Waals surface area contributed by atoms with Crippen LogP contribution in [0.2, 0.25) is 0 Å². The Morgan fingerprint density at radius 1 is 1.22 bits per heavy atom. The first-order chi connectivity index (χ1) is 8.61. The monoisotopic (exact) mass is 253 g/mol. The van der Waals surface area contributed by atoms with E-state index in [9.17, 15) is 9.59 Å². The van der Waals surface area contributed by atoms with Gasteiger partial charge in [0.1, 0.15) is 0 Å². The summed E-state index contributed by atoms with van der Waals surface area (Å²) in [5.74, 6) is -1.55. The lowest BCUT2D eigenvalue weighted by molar-refractivity contribution is -0.176. The first-order valence-corrected chi connectivity index (χ1v) is 6.77. The molecule has 2 saturated carbocycles. The van der Waals surface area contributed by atoms with Gasteiger partial charge in [-0.15, -0.1) is 0 Å². The van der Waals surface area contributed by atoms with Crippen LogP contribution in [0.3, 0.4) is 0 Å². The van der Waals surface area contributed by atoms with Gasteiger partial charge in [-0.05, 0) is 32.1 Å². The number of carbonyl (C=O) groups excluding carboxylic acids is 1. The molecule has 2 unspecified atom stereocenters. The summed E-state index contributed by atoms with van der Waals surface area (Å²) in [7, 11) is 0. The van der Waals surface area contributed by atoms with Gasteiger partial charge < -0.3 is 14.7 Å². The average molecular weight is 253 g/mol. The summed E-state index contributed by atoms with van der Waals surface area (Å²) < 4.78 is 5.78. The summed E-state index contributed by atoms with van der Waals surface area (Å²) in [5, 5.41) is 9.02. The zero-order chi connectivity index (χ0) is 12.8. The second-order valence-corrected chi connectivity index (χ2v) is 5.77. The van der Waals surface area contributed by atoms with Gasteiger partial charge >= 0.3 is 5.97 Å². The molecule has 3 fully saturated rings. The second kappa shape index (κ2) is 4.23. The number of aliphatic carboxylic acids is 1. The summed E-state index contributed by atoms with van der Waals surface area (Å²) in [6.45, 7) is 1.87. The van der Waals surface area contributed by atoms with Crippen LogP contribution in [0.4, 0.5) is 0 Å². The summed E-state index contributed by atoms with van der Waals surface area (Å²) in [6, 6.07) is 0. The van der Waals surface area contributed by atoms with Crippen molar-refractivity contribution in [2.24, 2.45) is 11.8 Å². The normalized spacial score (nSPS) is 33.7. The highest BCUT2D eigenvalue weighted by molar-refractivity contribution is 5.86. The van der Waals surface area contributed by atoms with E-state index in [4.69, 9.17) is 9.84 Å². The van der Waals surface area contributed by atoms with Gasteiger partial charge in [0.25, 0.3) is 0 Å². The highest BCUT2D eigenvalue weighted by Gasteiger charge is 2.47. The summed E-state index contributed by atoms with van der Waals surface area (Å²) >= 11 is 0. The van der Waals surface area contributed by atoms with E-state index in [0.29, 0.717) is 26.1 Å². The van der Waals surface area contributed by atoms with Crippen LogP contribution in [-0.2, 0) is 14.3 Å². The molecule has 2 atom stereocenters. The van der Waals surface area contributed by atoms with Gasteiger partial charge in [0, 0.05) is 13.1 Å². The summed E-state index contributed by atoms with van der Waals surface area (Å²) in [6.07, 6.45) is 4.60. The average Bonchev–Trinajstić information content (AvgIpc) is 2.24. The predicted molar refractivity (Wildman–Crippen MR) is 63.0 cm³/mol. The van der Waals surface area contributed by atoms with Gasteiger partial charge in [0.05, 0.1) is 24.0 Å². The van der Waals surface area contributed by atoms with E-state index in [-0.39, 0.29) is 17.4 Å². The molecular weight excluding hydrogens is 234 g/mol. The Kier molecular flexibility index (Phi) is 2.81. The smallest absolute Gasteiger partial charge is 0.307 e. The van der Waals surface area contributed by atoms with Crippen LogP contribution in [0.5, 0.6) is 0 Å². The Bertz CT molecular complexity index is 377. The van der Waals surface area contributed by atoms with Crippen molar-refractivity contribution in [1.82, 2.24) is 4.90 Å². The number of carboxylic acids is 1. The molecule has 0 bridgehead atoms. The Labute approximate surface area is 106 Å². The minimum absolute atomic E-state index is 0.0308. The standard InChI is InChI=1S/C13H19NO4/c15-11(9-2-3-10(9)12(16)17)14-6-7-18-13(8-14)4-1-5-13/h9-10H,1-8H2,(H,16,17). The number of morpholine rings is 1. The highest BCUT2D eigenvalue weighted by atomic mass is 16.5. The van der Waals surface area contributed by atoms with Crippen molar-refractivity contribution < 1.29 is 19.4 Å². The quantitative estimate of drug-likeness (QED) is 0.793. The minimum atomic E-state index is -0.828. The topological polar surface area (TPSA) is 66.8 Å². The molecule has 5 nitrogen and oxygen atoms in total. The van der Waals surface area contributed by atoms with Crippen molar-refractivity contribution in [3.05, 3.63) is 0 Å². The molecule has 1 saturated heterocycles. The lowest BCUT2D eigenvalue weighted by atomic mass is 9.72. The third-order valence-electron chi connectivity index (χ3n) is 4.73. The first-order valence-electron chi connectivity index (χ1n) is 6.77. The molecule has 1 aliphatic heterocycles. The molecule has 0 aromatic heterocycles. The van der Waals surface area contributed by atoms with E-state index in [1.807, 2.05) is 4.90 Å². The molecule has 3 aliphatic rings. The van der Waals surface area contributed by atoms with Crippen LogP contribution in [-0.4, -0.2) is 47.2 Å². The SMILES string of the molecule is O=C(O)C1CCC1C(=O)N1CCOC2(CCC2)C1. The van der Waals surface area contributed by atoms with Crippen LogP contribution in [0.15, 0.2) is 0 Å². The van der Waals surface area contributed by atoms with E-state index in [1.165, 1.54) is 6.42 Å². The molecule has 2 aliphatic carbocycles. The maximum atomic E-state index is 12.3. The first kappa shape index (κ1) is 12.0. The molecule has 1 amide bonds. The maximum absolute atomic E-state index is 12.3. The van der Waals surface area contributed by atoms with Gasteiger partial charge in [-0.2, -0.15) is 0 Å². The number of rotatable bonds is 2. The van der Waals surface area contributed by atoms with Crippen LogP contribution in [0.1, 0.15) is 32.1 Å². The third kappa shape index (κ3) is 1.81. The largest absolute Gasteiger partial charge is 0.481 e. The lowest BCUT2D eigenvalue weighted by Gasteiger charge is -2.49. The molecule has 0 aromatic rings. The van der Waals surface area contributed by atoms with Crippen LogP contribution in [0, 0.1) is 11.8 Å². The van der Waals surface area contributed by atoms with E-state index < -0.39 is 11.9 Å². The van der Waals surface area contributed by atoms with Crippen molar-refractivity contribution in [3.63, 3.8) is 0 Å². The minimum Gasteiger partial charge on any atom is -0.481 e. The van der Waals surface area contributed by atoms with Crippen molar-refractivity contribution >= 4 is 11.9 Å². The van der Waals surface area contributed by atoms with Crippen molar-refractivity contribution in [2.45, 2.75) is 37.7 Å². The second-order valence-electron chi connectivity index (χ2n) is 5.77. The molecule has 0 radical (unpaired) electrons. The molecule has 1 heterocycles. The number of hydrogen-bond donors (Lipinski definition) is 1. The highest BCUT2D eigenvalue weighted by Crippen LogP contribution is 2.40. The Morgan fingerprint density at radius 3 is 2.44 bits per heavy atom. The van der Waals surface area contributed by atoms with Gasteiger partial charge in [0.15, 0.2) is 0 Å². The number of carboxylic acid groups (broad SMARTS) is 1. The Balaban J connectivity index is 1.64. The molecule has 100 valence electrons. The summed E-state index contributed by atoms with van der Waals surface area (Å²) in [5.41, 5.74) is -0.101. The Hall–Kier alpha value is -1.10. The van der Waals surface area contributed by atoms with E-state index in [1.54, 1.807) is 0 Å². The van der Waals surface area contributed by atoms with Crippen molar-refractivity contribution in [3.8, 4) is 0 Å². The van der Waals surface area contributed by atoms with Crippen molar-refractivity contribution in [2.75, 3.05) is 19.7 Å². The number of carbonyl (C=O) groups is 2. The Morgan fingerprint density at radius 2 is 1.94 bits per heavy atom. The fraction of sp³-hybridized carbons (Fsp3) is 0.846. The van der Waals surface area contributed by atoms with Crippen molar-refractivity contribution in [1.29, 1.82) is 0 Å². The molecule has 1 spiro atoms. The van der Waals surface area contributed by atoms with Gasteiger partial charge in [-0.1, -0.05) is 0 Å². The van der Waals surface area contributed by atoms with Crippen LogP contribution >= 0.6 is 0 Å². The number of ether oxygens (including phenoxy) is 1. The van der Waals surface area contributed by atoms with Crippen LogP contribution < -0.4 is 0 Å². The van der Waals surface area contributed by atoms with Gasteiger partial charge in [-0.3, -0.25) is 9.59 Å². The zero-order valence-electron chi connectivity index (χ0n) is 10.4. The molecule has 18 heavy (non-hydrogen) atoms. The summed E-state index contributed by atoms with van der Waals surface area (Å²) in [4.78, 5) is 25.1. The number of hydrogen-bond acceptors (Lipinski definition) is 3. The molecule has 0 aromatic carbocycles. The molecular formula is C13H19NO4. The van der Waals surface area contributed by atoms with Gasteiger partial charge in [0.2, 0.25) is 5.91 Å². The lowest BCUT2D eigenvalue weighted by Crippen LogP contribution is -2.59. The third-order valence-corrected chi connectivity index (χ3v) is 4.73.